The Morgan fingerprint density at radius 2 is 2.00 bits per heavy atom. The van der Waals surface area contributed by atoms with Gasteiger partial charge >= 0.3 is 12.0 Å². The maximum Gasteiger partial charge on any atom is 0.332 e. The molecule has 1 aliphatic rings. The first-order valence-corrected chi connectivity index (χ1v) is 6.49. The Kier molecular flexibility index (Phi) is 5.91. The number of carboxylic acids is 1. The van der Waals surface area contributed by atoms with E-state index in [-0.39, 0.29) is 18.2 Å². The predicted molar refractivity (Wildman–Crippen MR) is 66.4 cm³/mol. The van der Waals surface area contributed by atoms with Crippen LogP contribution in [0.1, 0.15) is 39.5 Å². The van der Waals surface area contributed by atoms with Crippen LogP contribution in [0.4, 0.5) is 4.79 Å². The normalized spacial score (nSPS) is 23.1. The van der Waals surface area contributed by atoms with Crippen LogP contribution in [0, 0.1) is 0 Å². The molecule has 18 heavy (non-hydrogen) atoms. The largest absolute Gasteiger partial charge is 0.479 e. The fourth-order valence-electron chi connectivity index (χ4n) is 1.97. The van der Waals surface area contributed by atoms with Crippen molar-refractivity contribution < 1.29 is 19.4 Å². The Balaban J connectivity index is 2.21. The zero-order valence-electron chi connectivity index (χ0n) is 10.9. The average Bonchev–Trinajstić information content (AvgIpc) is 2.82. The van der Waals surface area contributed by atoms with Gasteiger partial charge in [-0.2, -0.15) is 0 Å². The van der Waals surface area contributed by atoms with Crippen molar-refractivity contribution >= 4 is 12.0 Å². The van der Waals surface area contributed by atoms with Crippen LogP contribution in [-0.2, 0) is 9.53 Å². The molecule has 6 nitrogen and oxygen atoms in total. The highest BCUT2D eigenvalue weighted by Gasteiger charge is 2.30. The molecule has 0 spiro atoms. The van der Waals surface area contributed by atoms with E-state index in [1.165, 1.54) is 0 Å². The summed E-state index contributed by atoms with van der Waals surface area (Å²) in [5.74, 6) is -0.931. The molecular weight excluding hydrogens is 236 g/mol. The minimum Gasteiger partial charge on any atom is -0.479 e. The molecule has 2 unspecified atom stereocenters. The van der Waals surface area contributed by atoms with E-state index < -0.39 is 12.1 Å². The van der Waals surface area contributed by atoms with Crippen molar-refractivity contribution in [3.05, 3.63) is 0 Å². The predicted octanol–water partition coefficient (Wildman–Crippen LogP) is 1.11. The number of hydrogen-bond acceptors (Lipinski definition) is 3. The van der Waals surface area contributed by atoms with Crippen LogP contribution in [-0.4, -0.2) is 41.9 Å². The minimum absolute atomic E-state index is 0.182. The summed E-state index contributed by atoms with van der Waals surface area (Å²) in [4.78, 5) is 22.2. The Labute approximate surface area is 107 Å². The van der Waals surface area contributed by atoms with Crippen molar-refractivity contribution in [3.63, 3.8) is 0 Å². The number of nitrogens with one attached hydrogen (secondary N) is 2. The van der Waals surface area contributed by atoms with Gasteiger partial charge in [-0.15, -0.1) is 0 Å². The Bertz CT molecular complexity index is 292. The van der Waals surface area contributed by atoms with Gasteiger partial charge in [-0.1, -0.05) is 13.8 Å². The second kappa shape index (κ2) is 7.20. The summed E-state index contributed by atoms with van der Waals surface area (Å²) in [5.41, 5.74) is 0. The van der Waals surface area contributed by atoms with E-state index in [1.807, 2.05) is 13.8 Å². The number of aliphatic carboxylic acids is 1. The molecule has 0 saturated carbocycles. The van der Waals surface area contributed by atoms with Gasteiger partial charge in [-0.25, -0.2) is 9.59 Å². The van der Waals surface area contributed by atoms with E-state index in [0.717, 1.165) is 12.8 Å². The summed E-state index contributed by atoms with van der Waals surface area (Å²) in [6.45, 7) is 4.40. The first-order chi connectivity index (χ1) is 8.56. The summed E-state index contributed by atoms with van der Waals surface area (Å²) in [6, 6.07) is -0.0349. The molecular formula is C12H22N2O4. The second-order valence-corrected chi connectivity index (χ2v) is 4.53. The van der Waals surface area contributed by atoms with Crippen LogP contribution >= 0.6 is 0 Å². The molecule has 0 bridgehead atoms. The summed E-state index contributed by atoms with van der Waals surface area (Å²) in [7, 11) is 0. The summed E-state index contributed by atoms with van der Waals surface area (Å²) in [6.07, 6.45) is 2.05. The summed E-state index contributed by atoms with van der Waals surface area (Å²) in [5, 5.41) is 14.3. The smallest absolute Gasteiger partial charge is 0.332 e. The van der Waals surface area contributed by atoms with E-state index in [0.29, 0.717) is 19.4 Å². The van der Waals surface area contributed by atoms with Gasteiger partial charge < -0.3 is 20.5 Å². The monoisotopic (exact) mass is 258 g/mol. The maximum absolute atomic E-state index is 11.5. The molecule has 6 heteroatoms. The molecule has 0 radical (unpaired) electrons. The Hall–Kier alpha value is -1.30. The lowest BCUT2D eigenvalue weighted by molar-refractivity contribution is -0.149. The third kappa shape index (κ3) is 4.52. The molecule has 1 heterocycles. The third-order valence-electron chi connectivity index (χ3n) is 3.19. The van der Waals surface area contributed by atoms with Crippen LogP contribution in [0.25, 0.3) is 0 Å². The molecule has 2 amide bonds. The van der Waals surface area contributed by atoms with Crippen molar-refractivity contribution in [3.8, 4) is 0 Å². The highest BCUT2D eigenvalue weighted by atomic mass is 16.5. The minimum atomic E-state index is -0.931. The van der Waals surface area contributed by atoms with Gasteiger partial charge in [0.1, 0.15) is 0 Å². The standard InChI is InChI=1S/C12H22N2O4/c1-3-8(4-2)14-12(17)13-7-9-5-6-10(18-9)11(15)16/h8-10H,3-7H2,1-2H3,(H,15,16)(H2,13,14,17). The van der Waals surface area contributed by atoms with Crippen LogP contribution in [0.5, 0.6) is 0 Å². The number of carbonyl (C=O) groups excluding carboxylic acids is 1. The van der Waals surface area contributed by atoms with Crippen LogP contribution in [0.15, 0.2) is 0 Å². The van der Waals surface area contributed by atoms with Gasteiger partial charge in [-0.05, 0) is 25.7 Å². The lowest BCUT2D eigenvalue weighted by atomic mass is 10.2. The van der Waals surface area contributed by atoms with Crippen molar-refractivity contribution in [1.82, 2.24) is 10.6 Å². The number of urea groups is 1. The molecule has 2 atom stereocenters. The zero-order valence-corrected chi connectivity index (χ0v) is 10.9. The number of ether oxygens (including phenoxy) is 1. The van der Waals surface area contributed by atoms with E-state index >= 15 is 0 Å². The first kappa shape index (κ1) is 14.8. The maximum atomic E-state index is 11.5. The third-order valence-corrected chi connectivity index (χ3v) is 3.19. The van der Waals surface area contributed by atoms with E-state index in [1.54, 1.807) is 0 Å². The molecule has 0 aromatic heterocycles. The molecule has 1 saturated heterocycles. The molecule has 104 valence electrons. The fourth-order valence-corrected chi connectivity index (χ4v) is 1.97. The molecule has 3 N–H and O–H groups in total. The average molecular weight is 258 g/mol. The highest BCUT2D eigenvalue weighted by Crippen LogP contribution is 2.19. The molecule has 1 aliphatic heterocycles. The summed E-state index contributed by atoms with van der Waals surface area (Å²) >= 11 is 0. The second-order valence-electron chi connectivity index (χ2n) is 4.53. The van der Waals surface area contributed by atoms with Gasteiger partial charge in [0.15, 0.2) is 6.10 Å². The Morgan fingerprint density at radius 1 is 1.33 bits per heavy atom. The number of carbonyl (C=O) groups is 2. The van der Waals surface area contributed by atoms with Gasteiger partial charge in [0.25, 0.3) is 0 Å². The zero-order chi connectivity index (χ0) is 13.5. The van der Waals surface area contributed by atoms with Crippen LogP contribution < -0.4 is 10.6 Å². The van der Waals surface area contributed by atoms with E-state index in [9.17, 15) is 9.59 Å². The van der Waals surface area contributed by atoms with Crippen LogP contribution in [0.2, 0.25) is 0 Å². The van der Waals surface area contributed by atoms with Crippen molar-refractivity contribution in [2.24, 2.45) is 0 Å². The summed E-state index contributed by atoms with van der Waals surface area (Å²) < 4.78 is 5.29. The molecule has 0 aromatic carbocycles. The van der Waals surface area contributed by atoms with E-state index in [4.69, 9.17) is 9.84 Å². The first-order valence-electron chi connectivity index (χ1n) is 6.49. The number of hydrogen-bond donors (Lipinski definition) is 3. The molecule has 0 aromatic rings. The fraction of sp³-hybridized carbons (Fsp3) is 0.833. The lowest BCUT2D eigenvalue weighted by Gasteiger charge is -2.17. The van der Waals surface area contributed by atoms with Gasteiger partial charge in [0.2, 0.25) is 0 Å². The van der Waals surface area contributed by atoms with Gasteiger partial charge in [0, 0.05) is 12.6 Å². The molecule has 1 fully saturated rings. The lowest BCUT2D eigenvalue weighted by Crippen LogP contribution is -2.44. The number of rotatable bonds is 6. The van der Waals surface area contributed by atoms with Crippen molar-refractivity contribution in [2.75, 3.05) is 6.54 Å². The topological polar surface area (TPSA) is 87.7 Å². The molecule has 0 aliphatic carbocycles. The van der Waals surface area contributed by atoms with Crippen molar-refractivity contribution in [1.29, 1.82) is 0 Å². The van der Waals surface area contributed by atoms with Crippen LogP contribution in [0.3, 0.4) is 0 Å². The van der Waals surface area contributed by atoms with E-state index in [2.05, 4.69) is 10.6 Å². The number of amides is 2. The highest BCUT2D eigenvalue weighted by molar-refractivity contribution is 5.74. The SMILES string of the molecule is CCC(CC)NC(=O)NCC1CCC(C(=O)O)O1. The van der Waals surface area contributed by atoms with Gasteiger partial charge in [-0.3, -0.25) is 0 Å². The Morgan fingerprint density at radius 3 is 2.50 bits per heavy atom. The quantitative estimate of drug-likeness (QED) is 0.666. The number of carboxylic acid groups (broad SMARTS) is 1. The van der Waals surface area contributed by atoms with Gasteiger partial charge in [0.05, 0.1) is 6.10 Å². The molecule has 1 rings (SSSR count). The van der Waals surface area contributed by atoms with Crippen molar-refractivity contribution in [2.45, 2.75) is 57.8 Å².